The van der Waals surface area contributed by atoms with Crippen LogP contribution in [0.25, 0.3) is 10.9 Å². The Morgan fingerprint density at radius 3 is 2.39 bits per heavy atom. The Kier molecular flexibility index (Phi) is 6.37. The van der Waals surface area contributed by atoms with E-state index in [-0.39, 0.29) is 5.91 Å². The molecule has 4 aromatic rings. The normalized spacial score (nSPS) is 10.9. The SMILES string of the molecule is CCCCn1c(C(=O)Nc2ccc(OCc3ccccc3)cc2)c(C)c2ccccc21. The molecule has 3 aromatic carbocycles. The van der Waals surface area contributed by atoms with Crippen LogP contribution in [0.5, 0.6) is 5.75 Å². The van der Waals surface area contributed by atoms with Gasteiger partial charge in [-0.25, -0.2) is 0 Å². The molecule has 1 heterocycles. The van der Waals surface area contributed by atoms with Gasteiger partial charge in [-0.3, -0.25) is 4.79 Å². The van der Waals surface area contributed by atoms with Gasteiger partial charge in [0, 0.05) is 23.1 Å². The Bertz CT molecular complexity index is 1160. The molecule has 0 spiro atoms. The van der Waals surface area contributed by atoms with Crippen molar-refractivity contribution in [3.63, 3.8) is 0 Å². The highest BCUT2D eigenvalue weighted by atomic mass is 16.5. The first kappa shape index (κ1) is 20.7. The molecular formula is C27H28N2O2. The number of hydrogen-bond acceptors (Lipinski definition) is 2. The number of carbonyl (C=O) groups excluding carboxylic acids is 1. The number of benzene rings is 3. The van der Waals surface area contributed by atoms with E-state index in [0.717, 1.165) is 58.5 Å². The van der Waals surface area contributed by atoms with Crippen LogP contribution in [-0.4, -0.2) is 10.5 Å². The molecule has 1 aromatic heterocycles. The monoisotopic (exact) mass is 412 g/mol. The number of ether oxygens (including phenoxy) is 1. The standard InChI is InChI=1S/C27H28N2O2/c1-3-4-18-29-25-13-9-8-12-24(25)20(2)26(29)27(30)28-22-14-16-23(17-15-22)31-19-21-10-6-5-7-11-21/h5-17H,3-4,18-19H2,1-2H3,(H,28,30). The molecule has 0 saturated carbocycles. The van der Waals surface area contributed by atoms with Gasteiger partial charge in [-0.15, -0.1) is 0 Å². The second-order valence-electron chi connectivity index (χ2n) is 7.75. The Morgan fingerprint density at radius 2 is 1.65 bits per heavy atom. The summed E-state index contributed by atoms with van der Waals surface area (Å²) in [6.07, 6.45) is 2.11. The second kappa shape index (κ2) is 9.52. The number of fused-ring (bicyclic) bond motifs is 1. The Hall–Kier alpha value is -3.53. The lowest BCUT2D eigenvalue weighted by atomic mass is 10.1. The molecule has 158 valence electrons. The van der Waals surface area contributed by atoms with E-state index < -0.39 is 0 Å². The average molecular weight is 413 g/mol. The van der Waals surface area contributed by atoms with Gasteiger partial charge in [-0.1, -0.05) is 61.9 Å². The van der Waals surface area contributed by atoms with E-state index in [1.165, 1.54) is 0 Å². The maximum atomic E-state index is 13.2. The van der Waals surface area contributed by atoms with E-state index in [1.54, 1.807) is 0 Å². The van der Waals surface area contributed by atoms with Crippen molar-refractivity contribution in [3.05, 3.63) is 95.7 Å². The van der Waals surface area contributed by atoms with Gasteiger partial charge >= 0.3 is 0 Å². The number of unbranched alkanes of at least 4 members (excludes halogenated alkanes) is 1. The van der Waals surface area contributed by atoms with Crippen LogP contribution in [0.2, 0.25) is 0 Å². The lowest BCUT2D eigenvalue weighted by molar-refractivity contribution is 0.101. The quantitative estimate of drug-likeness (QED) is 0.355. The van der Waals surface area contributed by atoms with Crippen molar-refractivity contribution in [2.24, 2.45) is 0 Å². The summed E-state index contributed by atoms with van der Waals surface area (Å²) in [7, 11) is 0. The molecule has 0 atom stereocenters. The van der Waals surface area contributed by atoms with Gasteiger partial charge in [0.1, 0.15) is 18.1 Å². The van der Waals surface area contributed by atoms with Crippen molar-refractivity contribution in [2.45, 2.75) is 39.8 Å². The Morgan fingerprint density at radius 1 is 0.935 bits per heavy atom. The molecule has 0 saturated heterocycles. The minimum absolute atomic E-state index is 0.0808. The third-order valence-electron chi connectivity index (χ3n) is 5.53. The lowest BCUT2D eigenvalue weighted by Crippen LogP contribution is -2.18. The molecule has 0 fully saturated rings. The summed E-state index contributed by atoms with van der Waals surface area (Å²) >= 11 is 0. The predicted octanol–water partition coefficient (Wildman–Crippen LogP) is 6.58. The van der Waals surface area contributed by atoms with Crippen LogP contribution >= 0.6 is 0 Å². The summed E-state index contributed by atoms with van der Waals surface area (Å²) in [4.78, 5) is 13.2. The number of aryl methyl sites for hydroxylation is 2. The van der Waals surface area contributed by atoms with Crippen LogP contribution in [0.3, 0.4) is 0 Å². The predicted molar refractivity (Wildman–Crippen MR) is 127 cm³/mol. The van der Waals surface area contributed by atoms with Crippen molar-refractivity contribution < 1.29 is 9.53 Å². The number of nitrogens with zero attached hydrogens (tertiary/aromatic N) is 1. The second-order valence-corrected chi connectivity index (χ2v) is 7.75. The highest BCUT2D eigenvalue weighted by molar-refractivity contribution is 6.08. The number of rotatable bonds is 8. The summed E-state index contributed by atoms with van der Waals surface area (Å²) in [5.74, 6) is 0.692. The largest absolute Gasteiger partial charge is 0.489 e. The van der Waals surface area contributed by atoms with Crippen LogP contribution < -0.4 is 10.1 Å². The minimum atomic E-state index is -0.0808. The molecule has 0 unspecified atom stereocenters. The number of nitrogens with one attached hydrogen (secondary N) is 1. The zero-order chi connectivity index (χ0) is 21.6. The first-order valence-corrected chi connectivity index (χ1v) is 10.8. The molecule has 1 N–H and O–H groups in total. The number of carbonyl (C=O) groups is 1. The van der Waals surface area contributed by atoms with E-state index in [0.29, 0.717) is 6.61 Å². The smallest absolute Gasteiger partial charge is 0.272 e. The number of aromatic nitrogens is 1. The number of amides is 1. The van der Waals surface area contributed by atoms with Crippen LogP contribution in [0.15, 0.2) is 78.9 Å². The van der Waals surface area contributed by atoms with Gasteiger partial charge in [-0.05, 0) is 54.8 Å². The molecule has 0 aliphatic carbocycles. The fourth-order valence-electron chi connectivity index (χ4n) is 3.88. The Balaban J connectivity index is 1.50. The molecule has 31 heavy (non-hydrogen) atoms. The van der Waals surface area contributed by atoms with Crippen molar-refractivity contribution in [1.29, 1.82) is 0 Å². The summed E-state index contributed by atoms with van der Waals surface area (Å²) in [6, 6.07) is 25.8. The van der Waals surface area contributed by atoms with Gasteiger partial charge in [0.05, 0.1) is 0 Å². The van der Waals surface area contributed by atoms with E-state index in [9.17, 15) is 4.79 Å². The molecule has 0 radical (unpaired) electrons. The number of anilines is 1. The van der Waals surface area contributed by atoms with E-state index in [4.69, 9.17) is 4.74 Å². The third-order valence-corrected chi connectivity index (χ3v) is 5.53. The minimum Gasteiger partial charge on any atom is -0.489 e. The zero-order valence-corrected chi connectivity index (χ0v) is 18.1. The topological polar surface area (TPSA) is 43.3 Å². The van der Waals surface area contributed by atoms with Gasteiger partial charge in [0.2, 0.25) is 0 Å². The highest BCUT2D eigenvalue weighted by Crippen LogP contribution is 2.27. The van der Waals surface area contributed by atoms with Crippen LogP contribution in [0, 0.1) is 6.92 Å². The zero-order valence-electron chi connectivity index (χ0n) is 18.1. The molecule has 0 bridgehead atoms. The first-order chi connectivity index (χ1) is 15.2. The van der Waals surface area contributed by atoms with Crippen molar-refractivity contribution in [3.8, 4) is 5.75 Å². The van der Waals surface area contributed by atoms with Gasteiger partial charge in [-0.2, -0.15) is 0 Å². The summed E-state index contributed by atoms with van der Waals surface area (Å²) in [6.45, 7) is 5.54. The fourth-order valence-corrected chi connectivity index (χ4v) is 3.88. The van der Waals surface area contributed by atoms with Gasteiger partial charge in [0.15, 0.2) is 0 Å². The van der Waals surface area contributed by atoms with Crippen LogP contribution in [0.1, 0.15) is 41.4 Å². The highest BCUT2D eigenvalue weighted by Gasteiger charge is 2.20. The maximum Gasteiger partial charge on any atom is 0.272 e. The summed E-state index contributed by atoms with van der Waals surface area (Å²) in [5, 5.41) is 4.20. The van der Waals surface area contributed by atoms with Crippen molar-refractivity contribution in [1.82, 2.24) is 4.57 Å². The number of hydrogen-bond donors (Lipinski definition) is 1. The van der Waals surface area contributed by atoms with E-state index in [2.05, 4.69) is 28.9 Å². The molecular weight excluding hydrogens is 384 g/mol. The Labute approximate surface area is 183 Å². The summed E-state index contributed by atoms with van der Waals surface area (Å²) in [5.41, 5.74) is 4.74. The molecule has 0 aliphatic rings. The lowest BCUT2D eigenvalue weighted by Gasteiger charge is -2.12. The van der Waals surface area contributed by atoms with Crippen molar-refractivity contribution >= 4 is 22.5 Å². The average Bonchev–Trinajstić information content (AvgIpc) is 3.09. The van der Waals surface area contributed by atoms with Crippen LogP contribution in [-0.2, 0) is 13.2 Å². The van der Waals surface area contributed by atoms with Gasteiger partial charge < -0.3 is 14.6 Å². The van der Waals surface area contributed by atoms with Gasteiger partial charge in [0.25, 0.3) is 5.91 Å². The summed E-state index contributed by atoms with van der Waals surface area (Å²) < 4.78 is 8.00. The third kappa shape index (κ3) is 4.64. The fraction of sp³-hybridized carbons (Fsp3) is 0.222. The number of para-hydroxylation sites is 1. The maximum absolute atomic E-state index is 13.2. The molecule has 0 aliphatic heterocycles. The van der Waals surface area contributed by atoms with Crippen LogP contribution in [0.4, 0.5) is 5.69 Å². The first-order valence-electron chi connectivity index (χ1n) is 10.8. The van der Waals surface area contributed by atoms with E-state index in [1.807, 2.05) is 73.7 Å². The van der Waals surface area contributed by atoms with E-state index >= 15 is 0 Å². The molecule has 4 nitrogen and oxygen atoms in total. The van der Waals surface area contributed by atoms with Crippen molar-refractivity contribution in [2.75, 3.05) is 5.32 Å². The molecule has 4 heteroatoms. The molecule has 1 amide bonds. The molecule has 4 rings (SSSR count).